The number of hydrogen-bond donors (Lipinski definition) is 0. The molecule has 0 atom stereocenters. The van der Waals surface area contributed by atoms with Gasteiger partial charge in [0.05, 0.1) is 11.5 Å². The Morgan fingerprint density at radius 1 is 1.47 bits per heavy atom. The molecule has 94 valence electrons. The van der Waals surface area contributed by atoms with Gasteiger partial charge in [-0.2, -0.15) is 0 Å². The van der Waals surface area contributed by atoms with Crippen LogP contribution >= 0.6 is 15.9 Å². The Balaban J connectivity index is 2.80. The summed E-state index contributed by atoms with van der Waals surface area (Å²) in [5.41, 5.74) is 0.901. The van der Waals surface area contributed by atoms with Crippen molar-refractivity contribution in [2.24, 2.45) is 5.92 Å². The van der Waals surface area contributed by atoms with E-state index in [9.17, 15) is 10.1 Å². The number of nitro benzene ring substituents is 1. The number of rotatable bonds is 6. The van der Waals surface area contributed by atoms with Crippen molar-refractivity contribution >= 4 is 21.6 Å². The zero-order chi connectivity index (χ0) is 12.8. The normalized spacial score (nSPS) is 10.6. The van der Waals surface area contributed by atoms with Crippen molar-refractivity contribution in [1.82, 2.24) is 0 Å². The predicted octanol–water partition coefficient (Wildman–Crippen LogP) is 3.91. The fourth-order valence-electron chi connectivity index (χ4n) is 1.32. The lowest BCUT2D eigenvalue weighted by Crippen LogP contribution is -2.03. The van der Waals surface area contributed by atoms with E-state index in [1.807, 2.05) is 6.07 Å². The molecule has 1 rings (SSSR count). The summed E-state index contributed by atoms with van der Waals surface area (Å²) in [6, 6.07) is 5.03. The highest BCUT2D eigenvalue weighted by molar-refractivity contribution is 9.08. The molecule has 0 bridgehead atoms. The van der Waals surface area contributed by atoms with E-state index in [-0.39, 0.29) is 5.69 Å². The van der Waals surface area contributed by atoms with E-state index >= 15 is 0 Å². The van der Waals surface area contributed by atoms with Crippen LogP contribution in [0.1, 0.15) is 25.8 Å². The van der Waals surface area contributed by atoms with Gasteiger partial charge >= 0.3 is 5.69 Å². The molecule has 0 fully saturated rings. The molecule has 0 aliphatic heterocycles. The van der Waals surface area contributed by atoms with Crippen LogP contribution in [0.4, 0.5) is 5.69 Å². The van der Waals surface area contributed by atoms with Crippen LogP contribution in [0.25, 0.3) is 0 Å². The van der Waals surface area contributed by atoms with E-state index in [2.05, 4.69) is 29.8 Å². The Labute approximate surface area is 109 Å². The lowest BCUT2D eigenvalue weighted by atomic mass is 10.1. The van der Waals surface area contributed by atoms with Gasteiger partial charge in [-0.1, -0.05) is 35.8 Å². The summed E-state index contributed by atoms with van der Waals surface area (Å²) < 4.78 is 5.45. The van der Waals surface area contributed by atoms with Gasteiger partial charge in [0.2, 0.25) is 0 Å². The first kappa shape index (κ1) is 14.0. The quantitative estimate of drug-likeness (QED) is 0.455. The van der Waals surface area contributed by atoms with Crippen molar-refractivity contribution in [1.29, 1.82) is 0 Å². The Morgan fingerprint density at radius 2 is 2.18 bits per heavy atom. The van der Waals surface area contributed by atoms with Gasteiger partial charge < -0.3 is 4.74 Å². The number of benzene rings is 1. The number of alkyl halides is 1. The van der Waals surface area contributed by atoms with E-state index in [4.69, 9.17) is 4.74 Å². The molecule has 0 N–H and O–H groups in total. The van der Waals surface area contributed by atoms with E-state index in [0.717, 1.165) is 12.0 Å². The SMILES string of the molecule is CC(C)CCOc1ccc(CBr)cc1[N+](=O)[O-]. The average Bonchev–Trinajstić information content (AvgIpc) is 2.28. The summed E-state index contributed by atoms with van der Waals surface area (Å²) in [7, 11) is 0. The Hall–Kier alpha value is -1.10. The van der Waals surface area contributed by atoms with Gasteiger partial charge in [-0.05, 0) is 24.0 Å². The van der Waals surface area contributed by atoms with E-state index in [1.54, 1.807) is 12.1 Å². The molecular formula is C12H16BrNO3. The van der Waals surface area contributed by atoms with Crippen LogP contribution in [-0.2, 0) is 5.33 Å². The van der Waals surface area contributed by atoms with Crippen molar-refractivity contribution < 1.29 is 9.66 Å². The summed E-state index contributed by atoms with van der Waals surface area (Å²) in [6.45, 7) is 4.68. The first-order chi connectivity index (χ1) is 8.04. The first-order valence-corrected chi connectivity index (χ1v) is 6.62. The Morgan fingerprint density at radius 3 is 2.71 bits per heavy atom. The van der Waals surface area contributed by atoms with Crippen molar-refractivity contribution in [2.75, 3.05) is 6.61 Å². The summed E-state index contributed by atoms with van der Waals surface area (Å²) in [6.07, 6.45) is 0.886. The standard InChI is InChI=1S/C12H16BrNO3/c1-9(2)5-6-17-12-4-3-10(8-13)7-11(12)14(15)16/h3-4,7,9H,5-6,8H2,1-2H3. The molecule has 0 aromatic heterocycles. The van der Waals surface area contributed by atoms with Crippen LogP contribution in [0.15, 0.2) is 18.2 Å². The van der Waals surface area contributed by atoms with Gasteiger partial charge in [0.15, 0.2) is 5.75 Å². The first-order valence-electron chi connectivity index (χ1n) is 5.50. The second-order valence-corrected chi connectivity index (χ2v) is 4.78. The highest BCUT2D eigenvalue weighted by Crippen LogP contribution is 2.29. The van der Waals surface area contributed by atoms with Gasteiger partial charge in [0, 0.05) is 11.4 Å². The van der Waals surface area contributed by atoms with Gasteiger partial charge in [-0.3, -0.25) is 10.1 Å². The van der Waals surface area contributed by atoms with E-state index in [0.29, 0.717) is 23.6 Å². The van der Waals surface area contributed by atoms with Crippen LogP contribution in [0.3, 0.4) is 0 Å². The monoisotopic (exact) mass is 301 g/mol. The summed E-state index contributed by atoms with van der Waals surface area (Å²) >= 11 is 3.27. The topological polar surface area (TPSA) is 52.4 Å². The molecule has 0 unspecified atom stereocenters. The molecular weight excluding hydrogens is 286 g/mol. The summed E-state index contributed by atoms with van der Waals surface area (Å²) in [5, 5.41) is 11.5. The number of halogens is 1. The van der Waals surface area contributed by atoms with E-state index < -0.39 is 4.92 Å². The molecule has 5 heteroatoms. The number of ether oxygens (including phenoxy) is 1. The van der Waals surface area contributed by atoms with Gasteiger partial charge in [-0.15, -0.1) is 0 Å². The minimum atomic E-state index is -0.406. The molecule has 1 aromatic carbocycles. The highest BCUT2D eigenvalue weighted by atomic mass is 79.9. The summed E-state index contributed by atoms with van der Waals surface area (Å²) in [4.78, 5) is 10.5. The van der Waals surface area contributed by atoms with Gasteiger partial charge in [-0.25, -0.2) is 0 Å². The third kappa shape index (κ3) is 4.34. The molecule has 4 nitrogen and oxygen atoms in total. The third-order valence-electron chi connectivity index (χ3n) is 2.33. The molecule has 0 heterocycles. The maximum absolute atomic E-state index is 10.9. The average molecular weight is 302 g/mol. The lowest BCUT2D eigenvalue weighted by molar-refractivity contribution is -0.385. The molecule has 0 aliphatic carbocycles. The second kappa shape index (κ2) is 6.59. The van der Waals surface area contributed by atoms with Crippen LogP contribution in [0.5, 0.6) is 5.75 Å². The van der Waals surface area contributed by atoms with Crippen molar-refractivity contribution in [3.8, 4) is 5.75 Å². The van der Waals surface area contributed by atoms with E-state index in [1.165, 1.54) is 0 Å². The van der Waals surface area contributed by atoms with Gasteiger partial charge in [0.1, 0.15) is 0 Å². The molecule has 0 amide bonds. The minimum Gasteiger partial charge on any atom is -0.487 e. The Bertz CT molecular complexity index is 393. The van der Waals surface area contributed by atoms with Crippen LogP contribution < -0.4 is 4.74 Å². The molecule has 0 radical (unpaired) electrons. The molecule has 0 saturated heterocycles. The van der Waals surface area contributed by atoms with Crippen LogP contribution in [0.2, 0.25) is 0 Å². The second-order valence-electron chi connectivity index (χ2n) is 4.22. The zero-order valence-corrected chi connectivity index (χ0v) is 11.6. The smallest absolute Gasteiger partial charge is 0.311 e. The largest absolute Gasteiger partial charge is 0.487 e. The molecule has 0 aliphatic rings. The molecule has 1 aromatic rings. The number of nitrogens with zero attached hydrogens (tertiary/aromatic N) is 1. The molecule has 0 spiro atoms. The highest BCUT2D eigenvalue weighted by Gasteiger charge is 2.15. The zero-order valence-electron chi connectivity index (χ0n) is 9.98. The minimum absolute atomic E-state index is 0.0331. The Kier molecular flexibility index (Phi) is 5.41. The molecule has 0 saturated carbocycles. The maximum atomic E-state index is 10.9. The molecule has 17 heavy (non-hydrogen) atoms. The van der Waals surface area contributed by atoms with Crippen molar-refractivity contribution in [3.63, 3.8) is 0 Å². The van der Waals surface area contributed by atoms with Crippen LogP contribution in [0, 0.1) is 16.0 Å². The maximum Gasteiger partial charge on any atom is 0.311 e. The summed E-state index contributed by atoms with van der Waals surface area (Å²) in [5.74, 6) is 0.872. The van der Waals surface area contributed by atoms with Gasteiger partial charge in [0.25, 0.3) is 0 Å². The number of hydrogen-bond acceptors (Lipinski definition) is 3. The van der Waals surface area contributed by atoms with Crippen LogP contribution in [-0.4, -0.2) is 11.5 Å². The number of nitro groups is 1. The predicted molar refractivity (Wildman–Crippen MR) is 70.7 cm³/mol. The lowest BCUT2D eigenvalue weighted by Gasteiger charge is -2.09. The van der Waals surface area contributed by atoms with Crippen molar-refractivity contribution in [3.05, 3.63) is 33.9 Å². The fraction of sp³-hybridized carbons (Fsp3) is 0.500. The van der Waals surface area contributed by atoms with Crippen molar-refractivity contribution in [2.45, 2.75) is 25.6 Å². The fourth-order valence-corrected chi connectivity index (χ4v) is 1.66. The third-order valence-corrected chi connectivity index (χ3v) is 2.97.